The molecule has 0 radical (unpaired) electrons. The number of fused-ring (bicyclic) bond motifs is 1. The van der Waals surface area contributed by atoms with E-state index in [-0.39, 0.29) is 23.0 Å². The van der Waals surface area contributed by atoms with Crippen LogP contribution in [0, 0.1) is 6.92 Å². The third-order valence-corrected chi connectivity index (χ3v) is 7.34. The van der Waals surface area contributed by atoms with Crippen LogP contribution in [0.5, 0.6) is 0 Å². The van der Waals surface area contributed by atoms with Crippen molar-refractivity contribution in [1.82, 2.24) is 9.88 Å². The van der Waals surface area contributed by atoms with E-state index in [4.69, 9.17) is 0 Å². The standard InChI is InChI=1S/C21H25N3O3S2/c1-16-8-10-17(11-9-16)29(26,27)15-12-20(25)24(14-13-23(2)3)21-22-18-6-4-5-7-19(18)28-21/h4-11H,12-15H2,1-3H3. The van der Waals surface area contributed by atoms with Crippen molar-refractivity contribution >= 4 is 42.4 Å². The van der Waals surface area contributed by atoms with E-state index < -0.39 is 9.84 Å². The molecule has 0 aliphatic carbocycles. The molecule has 0 aliphatic heterocycles. The Kier molecular flexibility index (Phi) is 6.66. The van der Waals surface area contributed by atoms with Gasteiger partial charge >= 0.3 is 0 Å². The molecular weight excluding hydrogens is 406 g/mol. The minimum atomic E-state index is -3.52. The molecule has 1 heterocycles. The maximum absolute atomic E-state index is 13.0. The average molecular weight is 432 g/mol. The van der Waals surface area contributed by atoms with Gasteiger partial charge in [0, 0.05) is 19.5 Å². The number of aromatic nitrogens is 1. The molecule has 6 nitrogen and oxygen atoms in total. The molecule has 0 saturated carbocycles. The van der Waals surface area contributed by atoms with Gasteiger partial charge in [0.05, 0.1) is 20.9 Å². The summed E-state index contributed by atoms with van der Waals surface area (Å²) in [6.45, 7) is 3.02. The van der Waals surface area contributed by atoms with Crippen molar-refractivity contribution < 1.29 is 13.2 Å². The summed E-state index contributed by atoms with van der Waals surface area (Å²) in [5.74, 6) is -0.459. The SMILES string of the molecule is Cc1ccc(S(=O)(=O)CCC(=O)N(CCN(C)C)c2nc3ccccc3s2)cc1. The van der Waals surface area contributed by atoms with Crippen LogP contribution in [-0.4, -0.2) is 57.1 Å². The van der Waals surface area contributed by atoms with E-state index in [1.165, 1.54) is 11.3 Å². The first-order chi connectivity index (χ1) is 13.8. The third kappa shape index (κ3) is 5.41. The molecule has 1 amide bonds. The van der Waals surface area contributed by atoms with Crippen molar-refractivity contribution in [3.63, 3.8) is 0 Å². The van der Waals surface area contributed by atoms with E-state index in [1.54, 1.807) is 29.2 Å². The van der Waals surface area contributed by atoms with Crippen molar-refractivity contribution in [2.24, 2.45) is 0 Å². The Morgan fingerprint density at radius 2 is 1.72 bits per heavy atom. The number of rotatable bonds is 8. The van der Waals surface area contributed by atoms with Crippen molar-refractivity contribution in [2.75, 3.05) is 37.8 Å². The number of benzene rings is 2. The molecule has 0 N–H and O–H groups in total. The van der Waals surface area contributed by atoms with Gasteiger partial charge in [0.2, 0.25) is 5.91 Å². The van der Waals surface area contributed by atoms with E-state index in [2.05, 4.69) is 4.98 Å². The minimum absolute atomic E-state index is 0.0838. The quantitative estimate of drug-likeness (QED) is 0.547. The molecule has 2 aromatic carbocycles. The number of hydrogen-bond acceptors (Lipinski definition) is 6. The topological polar surface area (TPSA) is 70.6 Å². The largest absolute Gasteiger partial charge is 0.308 e. The van der Waals surface area contributed by atoms with E-state index in [1.807, 2.05) is 50.2 Å². The summed E-state index contributed by atoms with van der Waals surface area (Å²) in [6, 6.07) is 14.4. The van der Waals surface area contributed by atoms with Crippen LogP contribution in [0.25, 0.3) is 10.2 Å². The molecular formula is C21H25N3O3S2. The highest BCUT2D eigenvalue weighted by molar-refractivity contribution is 7.91. The molecule has 8 heteroatoms. The van der Waals surface area contributed by atoms with Gasteiger partial charge in [0.25, 0.3) is 0 Å². The van der Waals surface area contributed by atoms with Crippen molar-refractivity contribution in [3.8, 4) is 0 Å². The number of anilines is 1. The zero-order valence-corrected chi connectivity index (χ0v) is 18.5. The van der Waals surface area contributed by atoms with Crippen LogP contribution in [0.2, 0.25) is 0 Å². The van der Waals surface area contributed by atoms with Crippen molar-refractivity contribution in [2.45, 2.75) is 18.2 Å². The molecule has 1 aromatic heterocycles. The van der Waals surface area contributed by atoms with Gasteiger partial charge < -0.3 is 4.90 Å². The lowest BCUT2D eigenvalue weighted by Gasteiger charge is -2.22. The van der Waals surface area contributed by atoms with Crippen LogP contribution < -0.4 is 4.90 Å². The minimum Gasteiger partial charge on any atom is -0.308 e. The van der Waals surface area contributed by atoms with Gasteiger partial charge in [-0.05, 0) is 45.3 Å². The van der Waals surface area contributed by atoms with Gasteiger partial charge in [-0.15, -0.1) is 0 Å². The molecule has 0 atom stereocenters. The average Bonchev–Trinajstić information content (AvgIpc) is 3.10. The maximum atomic E-state index is 13.0. The van der Waals surface area contributed by atoms with E-state index in [0.29, 0.717) is 18.2 Å². The molecule has 0 saturated heterocycles. The number of amides is 1. The number of para-hydroxylation sites is 1. The highest BCUT2D eigenvalue weighted by Gasteiger charge is 2.23. The van der Waals surface area contributed by atoms with Gasteiger partial charge in [0.15, 0.2) is 15.0 Å². The lowest BCUT2D eigenvalue weighted by Crippen LogP contribution is -2.37. The second-order valence-corrected chi connectivity index (χ2v) is 10.3. The fourth-order valence-electron chi connectivity index (χ4n) is 2.82. The monoisotopic (exact) mass is 431 g/mol. The second kappa shape index (κ2) is 9.02. The van der Waals surface area contributed by atoms with Crippen LogP contribution >= 0.6 is 11.3 Å². The summed E-state index contributed by atoms with van der Waals surface area (Å²) >= 11 is 1.44. The fourth-order valence-corrected chi connectivity index (χ4v) is 5.06. The van der Waals surface area contributed by atoms with Gasteiger partial charge in [-0.25, -0.2) is 13.4 Å². The molecule has 154 valence electrons. The van der Waals surface area contributed by atoms with Crippen molar-refractivity contribution in [3.05, 3.63) is 54.1 Å². The smallest absolute Gasteiger partial charge is 0.229 e. The first kappa shape index (κ1) is 21.4. The van der Waals surface area contributed by atoms with Gasteiger partial charge in [-0.2, -0.15) is 0 Å². The summed E-state index contributed by atoms with van der Waals surface area (Å²) in [5, 5.41) is 0.603. The predicted octanol–water partition coefficient (Wildman–Crippen LogP) is 3.36. The zero-order valence-electron chi connectivity index (χ0n) is 16.8. The summed E-state index contributed by atoms with van der Waals surface area (Å²) in [6.07, 6.45) is -0.0838. The Morgan fingerprint density at radius 1 is 1.03 bits per heavy atom. The Labute approximate surface area is 175 Å². The first-order valence-corrected chi connectivity index (χ1v) is 11.8. The summed E-state index contributed by atoms with van der Waals surface area (Å²) in [7, 11) is 0.348. The highest BCUT2D eigenvalue weighted by atomic mass is 32.2. The van der Waals surface area contributed by atoms with Crippen LogP contribution in [0.3, 0.4) is 0 Å². The highest BCUT2D eigenvalue weighted by Crippen LogP contribution is 2.29. The Hall–Kier alpha value is -2.29. The first-order valence-electron chi connectivity index (χ1n) is 9.36. The summed E-state index contributed by atoms with van der Waals surface area (Å²) in [5.41, 5.74) is 1.83. The lowest BCUT2D eigenvalue weighted by atomic mass is 10.2. The van der Waals surface area contributed by atoms with Crippen LogP contribution in [0.15, 0.2) is 53.4 Å². The number of nitrogens with zero attached hydrogens (tertiary/aromatic N) is 3. The number of likely N-dealkylation sites (N-methyl/N-ethyl adjacent to an activating group) is 1. The maximum Gasteiger partial charge on any atom is 0.229 e. The number of sulfone groups is 1. The number of thiazole rings is 1. The molecule has 3 rings (SSSR count). The zero-order chi connectivity index (χ0) is 21.0. The number of hydrogen-bond donors (Lipinski definition) is 0. The Morgan fingerprint density at radius 3 is 2.38 bits per heavy atom. The molecule has 0 spiro atoms. The van der Waals surface area contributed by atoms with Crippen molar-refractivity contribution in [1.29, 1.82) is 0 Å². The van der Waals surface area contributed by atoms with Crippen LogP contribution in [0.1, 0.15) is 12.0 Å². The second-order valence-electron chi connectivity index (χ2n) is 7.19. The van der Waals surface area contributed by atoms with Crippen LogP contribution in [0.4, 0.5) is 5.13 Å². The Bertz CT molecular complexity index is 1060. The van der Waals surface area contributed by atoms with Gasteiger partial charge in [0.1, 0.15) is 0 Å². The third-order valence-electron chi connectivity index (χ3n) is 4.55. The van der Waals surface area contributed by atoms with Gasteiger partial charge in [-0.3, -0.25) is 9.69 Å². The van der Waals surface area contributed by atoms with E-state index in [0.717, 1.165) is 15.8 Å². The van der Waals surface area contributed by atoms with E-state index >= 15 is 0 Å². The number of carbonyl (C=O) groups excluding carboxylic acids is 1. The Balaban J connectivity index is 1.78. The molecule has 3 aromatic rings. The summed E-state index contributed by atoms with van der Waals surface area (Å²) in [4.78, 5) is 21.4. The van der Waals surface area contributed by atoms with E-state index in [9.17, 15) is 13.2 Å². The molecule has 0 aliphatic rings. The normalized spacial score (nSPS) is 11.9. The molecule has 0 bridgehead atoms. The number of aryl methyl sites for hydroxylation is 1. The van der Waals surface area contributed by atoms with Crippen LogP contribution in [-0.2, 0) is 14.6 Å². The van der Waals surface area contributed by atoms with Gasteiger partial charge in [-0.1, -0.05) is 41.2 Å². The fraction of sp³-hybridized carbons (Fsp3) is 0.333. The molecule has 0 fully saturated rings. The lowest BCUT2D eigenvalue weighted by molar-refractivity contribution is -0.118. The summed E-state index contributed by atoms with van der Waals surface area (Å²) < 4.78 is 26.2. The number of carbonyl (C=O) groups is 1. The molecule has 29 heavy (non-hydrogen) atoms. The molecule has 0 unspecified atom stereocenters. The predicted molar refractivity (Wildman–Crippen MR) is 118 cm³/mol.